The number of hydrogen-bond acceptors (Lipinski definition) is 2. The van der Waals surface area contributed by atoms with Gasteiger partial charge in [0.15, 0.2) is 0 Å². The Hall–Kier alpha value is -0.960. The molecule has 0 aromatic rings. The van der Waals surface area contributed by atoms with Crippen LogP contribution >= 0.6 is 0 Å². The van der Waals surface area contributed by atoms with E-state index in [0.717, 1.165) is 0 Å². The summed E-state index contributed by atoms with van der Waals surface area (Å²) in [5, 5.41) is 0. The molecule has 0 heterocycles. The standard InChI is InChI=1S/C6H11N3/c1-3-4-9-6(5-7)8-2/h3-4H,1,5,7H2,2H3. The van der Waals surface area contributed by atoms with E-state index in [-0.39, 0.29) is 0 Å². The molecule has 0 saturated carbocycles. The number of hydrogen-bond donors (Lipinski definition) is 1. The van der Waals surface area contributed by atoms with Gasteiger partial charge in [0.2, 0.25) is 0 Å². The second-order valence-electron chi connectivity index (χ2n) is 1.36. The maximum absolute atomic E-state index is 5.25. The van der Waals surface area contributed by atoms with Crippen molar-refractivity contribution in [1.29, 1.82) is 0 Å². The van der Waals surface area contributed by atoms with E-state index in [4.69, 9.17) is 5.73 Å². The van der Waals surface area contributed by atoms with Gasteiger partial charge in [-0.15, -0.1) is 0 Å². The van der Waals surface area contributed by atoms with Gasteiger partial charge in [0, 0.05) is 13.3 Å². The van der Waals surface area contributed by atoms with Crippen LogP contribution in [0.2, 0.25) is 0 Å². The monoisotopic (exact) mass is 125 g/mol. The molecule has 0 rings (SSSR count). The van der Waals surface area contributed by atoms with Crippen LogP contribution in [0.25, 0.3) is 0 Å². The average Bonchev–Trinajstić information content (AvgIpc) is 1.91. The van der Waals surface area contributed by atoms with E-state index in [0.29, 0.717) is 12.4 Å². The van der Waals surface area contributed by atoms with E-state index < -0.39 is 0 Å². The minimum atomic E-state index is 0.376. The zero-order valence-electron chi connectivity index (χ0n) is 5.54. The van der Waals surface area contributed by atoms with Gasteiger partial charge in [0.1, 0.15) is 5.84 Å². The van der Waals surface area contributed by atoms with E-state index in [1.165, 1.54) is 0 Å². The number of amidine groups is 1. The Morgan fingerprint density at radius 3 is 2.78 bits per heavy atom. The normalized spacial score (nSPS) is 12.4. The maximum Gasteiger partial charge on any atom is 0.136 e. The van der Waals surface area contributed by atoms with Crippen LogP contribution in [-0.4, -0.2) is 25.6 Å². The molecule has 0 spiro atoms. The number of allylic oxidation sites excluding steroid dienone is 1. The second kappa shape index (κ2) is 5.18. The SMILES string of the molecule is C=CC=NC(CN)=NC. The molecule has 0 saturated heterocycles. The van der Waals surface area contributed by atoms with Crippen LogP contribution < -0.4 is 5.73 Å². The molecule has 0 fully saturated rings. The van der Waals surface area contributed by atoms with Crippen molar-refractivity contribution in [3.8, 4) is 0 Å². The first-order valence-electron chi connectivity index (χ1n) is 2.66. The average molecular weight is 125 g/mol. The number of nitrogens with two attached hydrogens (primary N) is 1. The van der Waals surface area contributed by atoms with Gasteiger partial charge in [-0.25, -0.2) is 4.99 Å². The van der Waals surface area contributed by atoms with Crippen molar-refractivity contribution in [3.05, 3.63) is 12.7 Å². The molecular weight excluding hydrogens is 114 g/mol. The summed E-state index contributed by atoms with van der Waals surface area (Å²) in [4.78, 5) is 7.65. The molecule has 0 bridgehead atoms. The van der Waals surface area contributed by atoms with Crippen LogP contribution in [0.4, 0.5) is 0 Å². The Labute approximate surface area is 55.0 Å². The zero-order chi connectivity index (χ0) is 7.11. The van der Waals surface area contributed by atoms with E-state index in [1.807, 2.05) is 0 Å². The molecule has 0 aliphatic rings. The van der Waals surface area contributed by atoms with Gasteiger partial charge in [-0.3, -0.25) is 4.99 Å². The number of rotatable bonds is 2. The van der Waals surface area contributed by atoms with Crippen LogP contribution in [-0.2, 0) is 0 Å². The van der Waals surface area contributed by atoms with Crippen molar-refractivity contribution in [2.75, 3.05) is 13.6 Å². The predicted octanol–water partition coefficient (Wildman–Crippen LogP) is 0.230. The number of nitrogens with zero attached hydrogens (tertiary/aromatic N) is 2. The fraction of sp³-hybridized carbons (Fsp3) is 0.333. The largest absolute Gasteiger partial charge is 0.324 e. The smallest absolute Gasteiger partial charge is 0.136 e. The van der Waals surface area contributed by atoms with Crippen LogP contribution in [0.15, 0.2) is 22.6 Å². The van der Waals surface area contributed by atoms with Crippen LogP contribution in [0.1, 0.15) is 0 Å². The fourth-order valence-corrected chi connectivity index (χ4v) is 0.340. The third-order valence-corrected chi connectivity index (χ3v) is 0.770. The molecule has 9 heavy (non-hydrogen) atoms. The van der Waals surface area contributed by atoms with Crippen LogP contribution in [0.5, 0.6) is 0 Å². The maximum atomic E-state index is 5.25. The van der Waals surface area contributed by atoms with Gasteiger partial charge in [-0.2, -0.15) is 0 Å². The zero-order valence-corrected chi connectivity index (χ0v) is 5.54. The van der Waals surface area contributed by atoms with E-state index in [1.54, 1.807) is 19.3 Å². The molecule has 0 aliphatic heterocycles. The Morgan fingerprint density at radius 2 is 2.44 bits per heavy atom. The first kappa shape index (κ1) is 8.04. The van der Waals surface area contributed by atoms with Gasteiger partial charge in [0.05, 0.1) is 6.54 Å². The highest BCUT2D eigenvalue weighted by atomic mass is 14.9. The fourth-order valence-electron chi connectivity index (χ4n) is 0.340. The lowest BCUT2D eigenvalue weighted by Gasteiger charge is -1.89. The molecule has 3 heteroatoms. The minimum absolute atomic E-state index is 0.376. The van der Waals surface area contributed by atoms with Gasteiger partial charge in [0.25, 0.3) is 0 Å². The topological polar surface area (TPSA) is 50.7 Å². The minimum Gasteiger partial charge on any atom is -0.324 e. The third-order valence-electron chi connectivity index (χ3n) is 0.770. The first-order chi connectivity index (χ1) is 4.35. The Bertz CT molecular complexity index is 135. The predicted molar refractivity (Wildman–Crippen MR) is 41.1 cm³/mol. The lowest BCUT2D eigenvalue weighted by Crippen LogP contribution is -2.10. The summed E-state index contributed by atoms with van der Waals surface area (Å²) < 4.78 is 0. The van der Waals surface area contributed by atoms with Crippen molar-refractivity contribution in [2.24, 2.45) is 15.7 Å². The molecule has 0 aromatic heterocycles. The molecule has 0 amide bonds. The number of aliphatic imine (C=N–C) groups is 2. The highest BCUT2D eigenvalue weighted by Crippen LogP contribution is 1.73. The van der Waals surface area contributed by atoms with E-state index in [9.17, 15) is 0 Å². The van der Waals surface area contributed by atoms with Crippen LogP contribution in [0, 0.1) is 0 Å². The van der Waals surface area contributed by atoms with Gasteiger partial charge in [-0.1, -0.05) is 12.7 Å². The highest BCUT2D eigenvalue weighted by molar-refractivity contribution is 5.93. The van der Waals surface area contributed by atoms with Gasteiger partial charge < -0.3 is 5.73 Å². The summed E-state index contributed by atoms with van der Waals surface area (Å²) in [6.07, 6.45) is 3.15. The molecule has 0 unspecified atom stereocenters. The summed E-state index contributed by atoms with van der Waals surface area (Å²) in [7, 11) is 1.66. The molecule has 3 nitrogen and oxygen atoms in total. The van der Waals surface area contributed by atoms with E-state index in [2.05, 4.69) is 16.6 Å². The summed E-state index contributed by atoms with van der Waals surface area (Å²) in [6.45, 7) is 3.83. The molecule has 0 aliphatic carbocycles. The third kappa shape index (κ3) is 3.61. The quantitative estimate of drug-likeness (QED) is 0.417. The second-order valence-corrected chi connectivity index (χ2v) is 1.36. The summed E-state index contributed by atoms with van der Waals surface area (Å²) in [5.74, 6) is 0.634. The highest BCUT2D eigenvalue weighted by Gasteiger charge is 1.83. The molecule has 50 valence electrons. The molecule has 0 aromatic carbocycles. The van der Waals surface area contributed by atoms with Crippen LogP contribution in [0.3, 0.4) is 0 Å². The summed E-state index contributed by atoms with van der Waals surface area (Å²) >= 11 is 0. The van der Waals surface area contributed by atoms with Crippen molar-refractivity contribution in [1.82, 2.24) is 0 Å². The van der Waals surface area contributed by atoms with E-state index >= 15 is 0 Å². The lowest BCUT2D eigenvalue weighted by atomic mass is 10.6. The lowest BCUT2D eigenvalue weighted by molar-refractivity contribution is 1.24. The Kier molecular flexibility index (Phi) is 4.63. The summed E-state index contributed by atoms with van der Waals surface area (Å²) in [6, 6.07) is 0. The van der Waals surface area contributed by atoms with Gasteiger partial charge in [-0.05, 0) is 0 Å². The Morgan fingerprint density at radius 1 is 1.78 bits per heavy atom. The Balaban J connectivity index is 3.84. The molecule has 2 N–H and O–H groups in total. The molecular formula is C6H11N3. The van der Waals surface area contributed by atoms with Crippen molar-refractivity contribution in [2.45, 2.75) is 0 Å². The molecule has 0 atom stereocenters. The summed E-state index contributed by atoms with van der Waals surface area (Å²) in [5.41, 5.74) is 5.25. The van der Waals surface area contributed by atoms with Crippen molar-refractivity contribution >= 4 is 12.1 Å². The van der Waals surface area contributed by atoms with Crippen molar-refractivity contribution < 1.29 is 0 Å². The first-order valence-corrected chi connectivity index (χ1v) is 2.66. The van der Waals surface area contributed by atoms with Gasteiger partial charge >= 0.3 is 0 Å². The van der Waals surface area contributed by atoms with Crippen molar-refractivity contribution in [3.63, 3.8) is 0 Å². The molecule has 0 radical (unpaired) electrons.